The van der Waals surface area contributed by atoms with Crippen LogP contribution in [0.3, 0.4) is 0 Å². The van der Waals surface area contributed by atoms with Crippen LogP contribution in [0.5, 0.6) is 0 Å². The fourth-order valence-electron chi connectivity index (χ4n) is 3.26. The van der Waals surface area contributed by atoms with Crippen LogP contribution in [-0.2, 0) is 6.54 Å². The zero-order chi connectivity index (χ0) is 19.5. The minimum atomic E-state index is -0.0942. The number of likely N-dealkylation sites (N-methyl/N-ethyl adjacent to an activating group) is 1. The molecule has 0 saturated carbocycles. The van der Waals surface area contributed by atoms with Crippen LogP contribution >= 0.6 is 22.7 Å². The Hall–Kier alpha value is -2.06. The molecule has 1 N–H and O–H groups in total. The number of nitrogens with one attached hydrogen (secondary N) is 1. The molecule has 146 valence electrons. The Morgan fingerprint density at radius 1 is 1.14 bits per heavy atom. The summed E-state index contributed by atoms with van der Waals surface area (Å²) in [6.45, 7) is 7.30. The summed E-state index contributed by atoms with van der Waals surface area (Å²) >= 11 is 3.08. The number of carbonyl (C=O) groups excluding carboxylic acids is 1. The van der Waals surface area contributed by atoms with Gasteiger partial charge in [0.25, 0.3) is 5.91 Å². The van der Waals surface area contributed by atoms with Gasteiger partial charge in [-0.3, -0.25) is 9.69 Å². The molecule has 4 rings (SSSR count). The quantitative estimate of drug-likeness (QED) is 0.683. The summed E-state index contributed by atoms with van der Waals surface area (Å²) in [4.78, 5) is 22.8. The van der Waals surface area contributed by atoms with Crippen molar-refractivity contribution >= 4 is 34.3 Å². The molecular weight excluding hydrogens is 388 g/mol. The van der Waals surface area contributed by atoms with Gasteiger partial charge in [-0.1, -0.05) is 12.1 Å². The summed E-state index contributed by atoms with van der Waals surface area (Å²) in [7, 11) is 2.17. The molecule has 1 amide bonds. The Kier molecular flexibility index (Phi) is 5.87. The van der Waals surface area contributed by atoms with E-state index in [1.54, 1.807) is 11.3 Å². The molecule has 1 aromatic carbocycles. The van der Waals surface area contributed by atoms with E-state index in [1.807, 2.05) is 30.5 Å². The van der Waals surface area contributed by atoms with Gasteiger partial charge in [0.1, 0.15) is 9.88 Å². The molecule has 0 radical (unpaired) electrons. The van der Waals surface area contributed by atoms with Crippen molar-refractivity contribution in [1.29, 1.82) is 0 Å². The first kappa shape index (κ1) is 19.3. The van der Waals surface area contributed by atoms with Crippen LogP contribution in [0.4, 0.5) is 5.69 Å². The maximum Gasteiger partial charge on any atom is 0.267 e. The highest BCUT2D eigenvalue weighted by Gasteiger charge is 2.17. The van der Waals surface area contributed by atoms with Gasteiger partial charge in [-0.25, -0.2) is 4.98 Å². The minimum Gasteiger partial charge on any atom is -0.321 e. The van der Waals surface area contributed by atoms with Gasteiger partial charge in [-0.15, -0.1) is 11.3 Å². The van der Waals surface area contributed by atoms with Crippen molar-refractivity contribution in [3.05, 3.63) is 57.2 Å². The Morgan fingerprint density at radius 3 is 2.57 bits per heavy atom. The van der Waals surface area contributed by atoms with Crippen molar-refractivity contribution in [3.63, 3.8) is 0 Å². The molecule has 0 bridgehead atoms. The highest BCUT2D eigenvalue weighted by molar-refractivity contribution is 7.17. The second-order valence-electron chi connectivity index (χ2n) is 7.18. The van der Waals surface area contributed by atoms with Gasteiger partial charge in [0.05, 0.1) is 5.69 Å². The van der Waals surface area contributed by atoms with Gasteiger partial charge >= 0.3 is 0 Å². The summed E-state index contributed by atoms with van der Waals surface area (Å²) in [5.74, 6) is -0.0942. The molecule has 0 spiro atoms. The van der Waals surface area contributed by atoms with Crippen molar-refractivity contribution in [2.24, 2.45) is 0 Å². The molecule has 7 heteroatoms. The highest BCUT2D eigenvalue weighted by atomic mass is 32.1. The largest absolute Gasteiger partial charge is 0.321 e. The zero-order valence-electron chi connectivity index (χ0n) is 16.1. The number of thiophene rings is 1. The number of hydrogen-bond acceptors (Lipinski definition) is 6. The van der Waals surface area contributed by atoms with E-state index in [1.165, 1.54) is 16.9 Å². The van der Waals surface area contributed by atoms with E-state index in [0.29, 0.717) is 4.88 Å². The van der Waals surface area contributed by atoms with Crippen molar-refractivity contribution in [3.8, 4) is 10.6 Å². The second kappa shape index (κ2) is 8.53. The molecular formula is C21H24N4OS2. The van der Waals surface area contributed by atoms with Gasteiger partial charge in [0.15, 0.2) is 0 Å². The van der Waals surface area contributed by atoms with Gasteiger partial charge in [-0.05, 0) is 43.1 Å². The third-order valence-corrected chi connectivity index (χ3v) is 6.87. The summed E-state index contributed by atoms with van der Waals surface area (Å²) in [6, 6.07) is 10.2. The van der Waals surface area contributed by atoms with E-state index in [4.69, 9.17) is 0 Å². The molecule has 28 heavy (non-hydrogen) atoms. The summed E-state index contributed by atoms with van der Waals surface area (Å²) in [6.07, 6.45) is 0. The molecule has 3 aromatic rings. The van der Waals surface area contributed by atoms with E-state index in [2.05, 4.69) is 44.7 Å². The first-order chi connectivity index (χ1) is 13.6. The number of carbonyl (C=O) groups is 1. The molecule has 0 atom stereocenters. The maximum absolute atomic E-state index is 12.7. The average Bonchev–Trinajstić information content (AvgIpc) is 3.35. The number of aromatic nitrogens is 1. The molecule has 5 nitrogen and oxygen atoms in total. The lowest BCUT2D eigenvalue weighted by Crippen LogP contribution is -2.43. The predicted molar refractivity (Wildman–Crippen MR) is 117 cm³/mol. The summed E-state index contributed by atoms with van der Waals surface area (Å²) in [5, 5.41) is 7.98. The zero-order valence-corrected chi connectivity index (χ0v) is 17.8. The van der Waals surface area contributed by atoms with Crippen LogP contribution in [0.15, 0.2) is 41.1 Å². The molecule has 1 aliphatic heterocycles. The van der Waals surface area contributed by atoms with Crippen LogP contribution in [0.1, 0.15) is 20.9 Å². The monoisotopic (exact) mass is 412 g/mol. The Balaban J connectivity index is 1.38. The number of benzene rings is 1. The van der Waals surface area contributed by atoms with Crippen LogP contribution in [0.2, 0.25) is 0 Å². The standard InChI is InChI=1S/C21H24N4OS2/c1-15-19(28-21(22-15)17-7-12-27-14-17)20(26)23-18-5-3-16(4-6-18)13-25-10-8-24(2)9-11-25/h3-7,12,14H,8-11,13H2,1-2H3,(H,23,26). The third-order valence-electron chi connectivity index (χ3n) is 4.98. The maximum atomic E-state index is 12.7. The predicted octanol–water partition coefficient (Wildman–Crippen LogP) is 4.18. The van der Waals surface area contributed by atoms with Crippen LogP contribution < -0.4 is 5.32 Å². The highest BCUT2D eigenvalue weighted by Crippen LogP contribution is 2.30. The molecule has 0 unspecified atom stereocenters. The lowest BCUT2D eigenvalue weighted by atomic mass is 10.1. The van der Waals surface area contributed by atoms with Gasteiger partial charge in [-0.2, -0.15) is 11.3 Å². The third kappa shape index (κ3) is 4.50. The van der Waals surface area contributed by atoms with Gasteiger partial charge < -0.3 is 10.2 Å². The molecule has 1 saturated heterocycles. The average molecular weight is 413 g/mol. The second-order valence-corrected chi connectivity index (χ2v) is 8.96. The first-order valence-electron chi connectivity index (χ1n) is 9.39. The van der Waals surface area contributed by atoms with Crippen molar-refractivity contribution in [1.82, 2.24) is 14.8 Å². The lowest BCUT2D eigenvalue weighted by molar-refractivity contribution is 0.103. The number of amides is 1. The fraction of sp³-hybridized carbons (Fsp3) is 0.333. The van der Waals surface area contributed by atoms with Crippen molar-refractivity contribution < 1.29 is 4.79 Å². The van der Waals surface area contributed by atoms with Crippen LogP contribution in [0, 0.1) is 6.92 Å². The van der Waals surface area contributed by atoms with E-state index in [9.17, 15) is 4.79 Å². The van der Waals surface area contributed by atoms with E-state index in [-0.39, 0.29) is 5.91 Å². The number of nitrogens with zero attached hydrogens (tertiary/aromatic N) is 3. The van der Waals surface area contributed by atoms with E-state index < -0.39 is 0 Å². The fourth-order valence-corrected chi connectivity index (χ4v) is 4.94. The number of thiazole rings is 1. The topological polar surface area (TPSA) is 48.5 Å². The minimum absolute atomic E-state index is 0.0942. The van der Waals surface area contributed by atoms with Crippen LogP contribution in [0.25, 0.3) is 10.6 Å². The number of piperazine rings is 1. The first-order valence-corrected chi connectivity index (χ1v) is 11.2. The smallest absolute Gasteiger partial charge is 0.267 e. The summed E-state index contributed by atoms with van der Waals surface area (Å²) in [5.41, 5.74) is 3.94. The molecule has 2 aromatic heterocycles. The molecule has 0 aliphatic carbocycles. The van der Waals surface area contributed by atoms with E-state index >= 15 is 0 Å². The van der Waals surface area contributed by atoms with Crippen molar-refractivity contribution in [2.45, 2.75) is 13.5 Å². The summed E-state index contributed by atoms with van der Waals surface area (Å²) < 4.78 is 0. The molecule has 1 fully saturated rings. The normalized spacial score (nSPS) is 15.6. The number of hydrogen-bond donors (Lipinski definition) is 1. The van der Waals surface area contributed by atoms with Gasteiger partial charge in [0, 0.05) is 49.4 Å². The Bertz CT molecular complexity index is 926. The van der Waals surface area contributed by atoms with E-state index in [0.717, 1.165) is 54.7 Å². The van der Waals surface area contributed by atoms with Crippen molar-refractivity contribution in [2.75, 3.05) is 38.5 Å². The molecule has 1 aliphatic rings. The number of rotatable bonds is 5. The SMILES string of the molecule is Cc1nc(-c2ccsc2)sc1C(=O)Nc1ccc(CN2CCN(C)CC2)cc1. The Morgan fingerprint density at radius 2 is 1.89 bits per heavy atom. The Labute approximate surface area is 173 Å². The molecule has 3 heterocycles. The number of aryl methyl sites for hydroxylation is 1. The lowest BCUT2D eigenvalue weighted by Gasteiger charge is -2.32. The number of anilines is 1. The van der Waals surface area contributed by atoms with Crippen LogP contribution in [-0.4, -0.2) is 53.9 Å². The van der Waals surface area contributed by atoms with Gasteiger partial charge in [0.2, 0.25) is 0 Å².